The van der Waals surface area contributed by atoms with Gasteiger partial charge in [0.25, 0.3) is 0 Å². The van der Waals surface area contributed by atoms with E-state index in [1.54, 1.807) is 12.3 Å². The molecule has 0 fully saturated rings. The van der Waals surface area contributed by atoms with E-state index in [9.17, 15) is 9.59 Å². The topological polar surface area (TPSA) is 84.5 Å². The van der Waals surface area contributed by atoms with Crippen LogP contribution in [-0.2, 0) is 17.6 Å². The third kappa shape index (κ3) is 3.26. The summed E-state index contributed by atoms with van der Waals surface area (Å²) in [6, 6.07) is 9.03. The first-order valence-electron chi connectivity index (χ1n) is 7.29. The number of hydrogen-bond donors (Lipinski definition) is 2. The Morgan fingerprint density at radius 3 is 2.74 bits per heavy atom. The first-order chi connectivity index (χ1) is 11.2. The Morgan fingerprint density at radius 1 is 1.13 bits per heavy atom. The minimum absolute atomic E-state index is 0.108. The van der Waals surface area contributed by atoms with Gasteiger partial charge in [-0.1, -0.05) is 19.1 Å². The van der Waals surface area contributed by atoms with E-state index in [1.165, 1.54) is 17.9 Å². The van der Waals surface area contributed by atoms with E-state index in [2.05, 4.69) is 17.8 Å². The van der Waals surface area contributed by atoms with Gasteiger partial charge in [0, 0.05) is 10.9 Å². The van der Waals surface area contributed by atoms with Crippen LogP contribution < -0.4 is 10.9 Å². The van der Waals surface area contributed by atoms with Gasteiger partial charge in [-0.2, -0.15) is 0 Å². The van der Waals surface area contributed by atoms with Gasteiger partial charge in [-0.25, -0.2) is 0 Å². The number of hydrogen-bond acceptors (Lipinski definition) is 4. The molecule has 0 aliphatic heterocycles. The summed E-state index contributed by atoms with van der Waals surface area (Å²) < 4.78 is 10.4. The van der Waals surface area contributed by atoms with E-state index in [1.807, 2.05) is 18.2 Å². The molecule has 0 unspecified atom stereocenters. The second-order valence-electron chi connectivity index (χ2n) is 5.10. The van der Waals surface area contributed by atoms with Crippen LogP contribution in [0, 0.1) is 0 Å². The van der Waals surface area contributed by atoms with Gasteiger partial charge in [0.15, 0.2) is 5.76 Å². The Labute approximate surface area is 132 Å². The number of carbonyl (C=O) groups excluding carboxylic acids is 2. The summed E-state index contributed by atoms with van der Waals surface area (Å²) in [5.74, 6) is -0.716. The van der Waals surface area contributed by atoms with Crippen molar-refractivity contribution < 1.29 is 18.4 Å². The Hall–Kier alpha value is -3.02. The summed E-state index contributed by atoms with van der Waals surface area (Å²) in [5.41, 5.74) is 7.36. The third-order valence-electron chi connectivity index (χ3n) is 3.54. The van der Waals surface area contributed by atoms with Gasteiger partial charge in [-0.05, 0) is 30.2 Å². The summed E-state index contributed by atoms with van der Waals surface area (Å²) in [6.45, 7) is 2.07. The van der Waals surface area contributed by atoms with Crippen LogP contribution in [0.15, 0.2) is 51.7 Å². The van der Waals surface area contributed by atoms with Crippen molar-refractivity contribution in [2.24, 2.45) is 0 Å². The van der Waals surface area contributed by atoms with Crippen LogP contribution in [0.25, 0.3) is 11.0 Å². The van der Waals surface area contributed by atoms with Gasteiger partial charge in [0.05, 0.1) is 18.9 Å². The smallest absolute Gasteiger partial charge is 0.305 e. The molecule has 23 heavy (non-hydrogen) atoms. The number of fused-ring (bicyclic) bond motifs is 1. The van der Waals surface area contributed by atoms with E-state index in [4.69, 9.17) is 8.83 Å². The number of carbonyl (C=O) groups is 2. The molecule has 6 nitrogen and oxygen atoms in total. The maximum absolute atomic E-state index is 12.0. The molecule has 0 bridgehead atoms. The number of aryl methyl sites for hydroxylation is 1. The maximum atomic E-state index is 12.0. The average molecular weight is 312 g/mol. The number of furan rings is 2. The molecule has 3 rings (SSSR count). The van der Waals surface area contributed by atoms with Gasteiger partial charge in [-0.15, -0.1) is 0 Å². The normalized spacial score (nSPS) is 10.7. The number of benzene rings is 1. The lowest BCUT2D eigenvalue weighted by atomic mass is 10.1. The minimum Gasteiger partial charge on any atom is -0.464 e. The average Bonchev–Trinajstić information content (AvgIpc) is 3.22. The maximum Gasteiger partial charge on any atom is 0.305 e. The van der Waals surface area contributed by atoms with Crippen LogP contribution >= 0.6 is 0 Å². The zero-order valence-corrected chi connectivity index (χ0v) is 12.6. The van der Waals surface area contributed by atoms with Gasteiger partial charge in [0.2, 0.25) is 5.91 Å². The monoisotopic (exact) mass is 312 g/mol. The minimum atomic E-state index is -0.506. The lowest BCUT2D eigenvalue weighted by Crippen LogP contribution is -2.42. The molecule has 0 saturated heterocycles. The van der Waals surface area contributed by atoms with Crippen molar-refractivity contribution in [1.82, 2.24) is 10.9 Å². The Balaban J connectivity index is 1.63. The Kier molecular flexibility index (Phi) is 4.14. The zero-order valence-electron chi connectivity index (χ0n) is 12.6. The first-order valence-corrected chi connectivity index (χ1v) is 7.29. The molecule has 0 atom stereocenters. The molecule has 0 aliphatic rings. The van der Waals surface area contributed by atoms with Gasteiger partial charge >= 0.3 is 5.91 Å². The van der Waals surface area contributed by atoms with Crippen molar-refractivity contribution in [3.63, 3.8) is 0 Å². The molecule has 2 N–H and O–H groups in total. The molecular weight excluding hydrogens is 296 g/mol. The largest absolute Gasteiger partial charge is 0.464 e. The highest BCUT2D eigenvalue weighted by molar-refractivity contribution is 5.94. The second-order valence-corrected chi connectivity index (χ2v) is 5.10. The molecule has 118 valence electrons. The van der Waals surface area contributed by atoms with E-state index in [0.29, 0.717) is 0 Å². The summed E-state index contributed by atoms with van der Waals surface area (Å²) in [4.78, 5) is 23.6. The zero-order chi connectivity index (χ0) is 16.2. The van der Waals surface area contributed by atoms with Crippen molar-refractivity contribution in [1.29, 1.82) is 0 Å². The van der Waals surface area contributed by atoms with Crippen molar-refractivity contribution in [2.75, 3.05) is 0 Å². The molecule has 2 aromatic heterocycles. The lowest BCUT2D eigenvalue weighted by Gasteiger charge is -2.05. The van der Waals surface area contributed by atoms with Crippen LogP contribution in [0.2, 0.25) is 0 Å². The SMILES string of the molecule is CCc1ccc2c(CC(=O)NNC(=O)c3ccco3)coc2c1. The second kappa shape index (κ2) is 6.39. The standard InChI is InChI=1S/C17H16N2O4/c1-2-11-5-6-13-12(10-23-15(13)8-11)9-16(20)18-19-17(21)14-4-3-7-22-14/h3-8,10H,2,9H2,1H3,(H,18,20)(H,19,21). The van der Waals surface area contributed by atoms with Crippen LogP contribution in [0.5, 0.6) is 0 Å². The molecule has 0 radical (unpaired) electrons. The summed E-state index contributed by atoms with van der Waals surface area (Å²) in [7, 11) is 0. The Bertz CT molecular complexity index is 834. The van der Waals surface area contributed by atoms with Crippen molar-refractivity contribution in [3.05, 3.63) is 59.7 Å². The van der Waals surface area contributed by atoms with Gasteiger partial charge < -0.3 is 8.83 Å². The fraction of sp³-hybridized carbons (Fsp3) is 0.176. The lowest BCUT2D eigenvalue weighted by molar-refractivity contribution is -0.121. The summed E-state index contributed by atoms with van der Waals surface area (Å²) in [6.07, 6.45) is 3.99. The number of hydrazine groups is 1. The third-order valence-corrected chi connectivity index (χ3v) is 3.54. The molecule has 0 spiro atoms. The summed E-state index contributed by atoms with van der Waals surface area (Å²) >= 11 is 0. The molecule has 1 aromatic carbocycles. The molecule has 0 saturated carbocycles. The highest BCUT2D eigenvalue weighted by Gasteiger charge is 2.13. The van der Waals surface area contributed by atoms with E-state index >= 15 is 0 Å². The van der Waals surface area contributed by atoms with Crippen molar-refractivity contribution >= 4 is 22.8 Å². The predicted octanol–water partition coefficient (Wildman–Crippen LogP) is 2.59. The molecule has 2 heterocycles. The van der Waals surface area contributed by atoms with Crippen molar-refractivity contribution in [3.8, 4) is 0 Å². The van der Waals surface area contributed by atoms with Crippen LogP contribution in [-0.4, -0.2) is 11.8 Å². The molecule has 0 aliphatic carbocycles. The van der Waals surface area contributed by atoms with Crippen molar-refractivity contribution in [2.45, 2.75) is 19.8 Å². The van der Waals surface area contributed by atoms with Gasteiger partial charge in [-0.3, -0.25) is 20.4 Å². The predicted molar refractivity (Wildman–Crippen MR) is 83.6 cm³/mol. The molecule has 3 aromatic rings. The quantitative estimate of drug-likeness (QED) is 0.725. The number of rotatable bonds is 4. The van der Waals surface area contributed by atoms with E-state index < -0.39 is 5.91 Å². The van der Waals surface area contributed by atoms with E-state index in [0.717, 1.165) is 23.0 Å². The fourth-order valence-corrected chi connectivity index (χ4v) is 2.30. The van der Waals surface area contributed by atoms with Crippen LogP contribution in [0.4, 0.5) is 0 Å². The van der Waals surface area contributed by atoms with Crippen LogP contribution in [0.3, 0.4) is 0 Å². The summed E-state index contributed by atoms with van der Waals surface area (Å²) in [5, 5.41) is 0.898. The molecule has 2 amide bonds. The molecular formula is C17H16N2O4. The Morgan fingerprint density at radius 2 is 2.00 bits per heavy atom. The molecule has 6 heteroatoms. The van der Waals surface area contributed by atoms with Gasteiger partial charge in [0.1, 0.15) is 5.58 Å². The highest BCUT2D eigenvalue weighted by atomic mass is 16.3. The number of amides is 2. The fourth-order valence-electron chi connectivity index (χ4n) is 2.30. The van der Waals surface area contributed by atoms with E-state index in [-0.39, 0.29) is 18.1 Å². The number of nitrogens with one attached hydrogen (secondary N) is 2. The highest BCUT2D eigenvalue weighted by Crippen LogP contribution is 2.23. The first kappa shape index (κ1) is 14.9. The van der Waals surface area contributed by atoms with Crippen LogP contribution in [0.1, 0.15) is 28.6 Å².